The third-order valence-corrected chi connectivity index (χ3v) is 2.92. The first-order valence-corrected chi connectivity index (χ1v) is 5.82. The maximum atomic E-state index is 12.2. The van der Waals surface area contributed by atoms with Crippen LogP contribution >= 0.6 is 0 Å². The molecule has 1 aliphatic rings. The molecule has 1 heterocycles. The fraction of sp³-hybridized carbons (Fsp3) is 0.818. The number of carbonyl (C=O) groups excluding carboxylic acids is 2. The fourth-order valence-corrected chi connectivity index (χ4v) is 1.99. The molecule has 0 spiro atoms. The molecule has 0 aliphatic carbocycles. The minimum Gasteiger partial charge on any atom is -0.368 e. The molecule has 0 aromatic heterocycles. The number of piperidine rings is 1. The molecule has 0 aromatic carbocycles. The van der Waals surface area contributed by atoms with Gasteiger partial charge in [-0.1, -0.05) is 0 Å². The van der Waals surface area contributed by atoms with Gasteiger partial charge in [0.25, 0.3) is 0 Å². The first kappa shape index (κ1) is 13.0. The number of hydrogen-bond donors (Lipinski definition) is 2. The number of rotatable bonds is 4. The lowest BCUT2D eigenvalue weighted by Crippen LogP contribution is -2.47. The van der Waals surface area contributed by atoms with Crippen molar-refractivity contribution < 1.29 is 9.59 Å². The van der Waals surface area contributed by atoms with Crippen molar-refractivity contribution in [2.45, 2.75) is 32.7 Å². The Bertz CT molecular complexity index is 260. The van der Waals surface area contributed by atoms with E-state index in [2.05, 4.69) is 5.32 Å². The van der Waals surface area contributed by atoms with Gasteiger partial charge < -0.3 is 16.0 Å². The molecular weight excluding hydrogens is 206 g/mol. The van der Waals surface area contributed by atoms with E-state index < -0.39 is 5.91 Å². The van der Waals surface area contributed by atoms with E-state index in [9.17, 15) is 9.59 Å². The SMILES string of the molecule is CC(C)N(CC(N)=O)C(=O)C1CCNCC1. The topological polar surface area (TPSA) is 75.4 Å². The number of nitrogens with one attached hydrogen (secondary N) is 1. The molecule has 0 bridgehead atoms. The molecule has 92 valence electrons. The van der Waals surface area contributed by atoms with Crippen LogP contribution in [-0.2, 0) is 9.59 Å². The maximum absolute atomic E-state index is 12.2. The normalized spacial score (nSPS) is 17.4. The second-order valence-corrected chi connectivity index (χ2v) is 4.55. The summed E-state index contributed by atoms with van der Waals surface area (Å²) in [5, 5.41) is 3.22. The quantitative estimate of drug-likeness (QED) is 0.693. The van der Waals surface area contributed by atoms with Crippen LogP contribution in [0.1, 0.15) is 26.7 Å². The Kier molecular flexibility index (Phi) is 4.73. The Balaban J connectivity index is 2.61. The molecule has 5 nitrogen and oxygen atoms in total. The summed E-state index contributed by atoms with van der Waals surface area (Å²) in [7, 11) is 0. The van der Waals surface area contributed by atoms with Gasteiger partial charge in [0.05, 0.1) is 6.54 Å². The van der Waals surface area contributed by atoms with Crippen molar-refractivity contribution >= 4 is 11.8 Å². The van der Waals surface area contributed by atoms with Gasteiger partial charge in [-0.2, -0.15) is 0 Å². The van der Waals surface area contributed by atoms with E-state index in [1.807, 2.05) is 13.8 Å². The second kappa shape index (κ2) is 5.84. The highest BCUT2D eigenvalue weighted by atomic mass is 16.2. The molecule has 1 rings (SSSR count). The Morgan fingerprint density at radius 3 is 2.38 bits per heavy atom. The van der Waals surface area contributed by atoms with E-state index in [-0.39, 0.29) is 24.4 Å². The highest BCUT2D eigenvalue weighted by molar-refractivity contribution is 5.85. The van der Waals surface area contributed by atoms with Crippen LogP contribution in [0.5, 0.6) is 0 Å². The summed E-state index contributed by atoms with van der Waals surface area (Å²) in [5.74, 6) is -0.339. The number of nitrogens with two attached hydrogens (primary N) is 1. The molecule has 0 radical (unpaired) electrons. The van der Waals surface area contributed by atoms with E-state index in [1.54, 1.807) is 4.90 Å². The smallest absolute Gasteiger partial charge is 0.237 e. The van der Waals surface area contributed by atoms with Crippen molar-refractivity contribution in [1.82, 2.24) is 10.2 Å². The lowest BCUT2D eigenvalue weighted by atomic mass is 9.96. The maximum Gasteiger partial charge on any atom is 0.237 e. The lowest BCUT2D eigenvalue weighted by Gasteiger charge is -2.31. The van der Waals surface area contributed by atoms with Crippen LogP contribution in [-0.4, -0.2) is 42.4 Å². The summed E-state index contributed by atoms with van der Waals surface area (Å²) in [5.41, 5.74) is 5.15. The van der Waals surface area contributed by atoms with Gasteiger partial charge >= 0.3 is 0 Å². The molecule has 1 saturated heterocycles. The Morgan fingerprint density at radius 1 is 1.38 bits per heavy atom. The molecule has 2 amide bonds. The van der Waals surface area contributed by atoms with Crippen LogP contribution in [0.4, 0.5) is 0 Å². The number of amides is 2. The third kappa shape index (κ3) is 3.48. The van der Waals surface area contributed by atoms with Crippen molar-refractivity contribution in [3.63, 3.8) is 0 Å². The zero-order chi connectivity index (χ0) is 12.1. The summed E-state index contributed by atoms with van der Waals surface area (Å²) in [6.07, 6.45) is 1.70. The molecule has 1 aliphatic heterocycles. The largest absolute Gasteiger partial charge is 0.368 e. The molecule has 16 heavy (non-hydrogen) atoms. The summed E-state index contributed by atoms with van der Waals surface area (Å²) in [6, 6.07) is 0.0230. The summed E-state index contributed by atoms with van der Waals surface area (Å²) >= 11 is 0. The monoisotopic (exact) mass is 227 g/mol. The van der Waals surface area contributed by atoms with E-state index >= 15 is 0 Å². The van der Waals surface area contributed by atoms with Crippen molar-refractivity contribution in [2.75, 3.05) is 19.6 Å². The van der Waals surface area contributed by atoms with Gasteiger partial charge in [-0.3, -0.25) is 9.59 Å². The van der Waals surface area contributed by atoms with Crippen molar-refractivity contribution in [1.29, 1.82) is 0 Å². The first-order chi connectivity index (χ1) is 7.52. The number of carbonyl (C=O) groups is 2. The predicted octanol–water partition coefficient (Wildman–Crippen LogP) is -0.292. The lowest BCUT2D eigenvalue weighted by molar-refractivity contribution is -0.141. The second-order valence-electron chi connectivity index (χ2n) is 4.55. The number of hydrogen-bond acceptors (Lipinski definition) is 3. The van der Waals surface area contributed by atoms with Gasteiger partial charge in [0.15, 0.2) is 0 Å². The van der Waals surface area contributed by atoms with Gasteiger partial charge in [0.2, 0.25) is 11.8 Å². The van der Waals surface area contributed by atoms with Gasteiger partial charge in [-0.05, 0) is 39.8 Å². The minimum atomic E-state index is -0.448. The zero-order valence-electron chi connectivity index (χ0n) is 10.0. The van der Waals surface area contributed by atoms with Crippen molar-refractivity contribution in [2.24, 2.45) is 11.7 Å². The van der Waals surface area contributed by atoms with Crippen LogP contribution in [0.3, 0.4) is 0 Å². The summed E-state index contributed by atoms with van der Waals surface area (Å²) < 4.78 is 0. The van der Waals surface area contributed by atoms with Crippen LogP contribution < -0.4 is 11.1 Å². The molecule has 0 saturated carbocycles. The van der Waals surface area contributed by atoms with Crippen LogP contribution in [0.2, 0.25) is 0 Å². The average Bonchev–Trinajstić information content (AvgIpc) is 2.25. The fourth-order valence-electron chi connectivity index (χ4n) is 1.99. The van der Waals surface area contributed by atoms with Gasteiger partial charge in [-0.25, -0.2) is 0 Å². The van der Waals surface area contributed by atoms with E-state index in [4.69, 9.17) is 5.73 Å². The van der Waals surface area contributed by atoms with Crippen LogP contribution in [0, 0.1) is 5.92 Å². The molecule has 0 atom stereocenters. The standard InChI is InChI=1S/C11H21N3O2/c1-8(2)14(7-10(12)15)11(16)9-3-5-13-6-4-9/h8-9,13H,3-7H2,1-2H3,(H2,12,15). The summed E-state index contributed by atoms with van der Waals surface area (Å²) in [6.45, 7) is 5.59. The Morgan fingerprint density at radius 2 is 1.94 bits per heavy atom. The van der Waals surface area contributed by atoms with Gasteiger partial charge in [0, 0.05) is 12.0 Å². The van der Waals surface area contributed by atoms with E-state index in [0.29, 0.717) is 0 Å². The molecule has 0 aromatic rings. The first-order valence-electron chi connectivity index (χ1n) is 5.82. The van der Waals surface area contributed by atoms with E-state index in [0.717, 1.165) is 25.9 Å². The molecule has 1 fully saturated rings. The number of nitrogens with zero attached hydrogens (tertiary/aromatic N) is 1. The molecule has 5 heteroatoms. The highest BCUT2D eigenvalue weighted by Gasteiger charge is 2.27. The van der Waals surface area contributed by atoms with Crippen LogP contribution in [0.15, 0.2) is 0 Å². The van der Waals surface area contributed by atoms with Crippen LogP contribution in [0.25, 0.3) is 0 Å². The molecular formula is C11H21N3O2. The van der Waals surface area contributed by atoms with Gasteiger partial charge in [0.1, 0.15) is 0 Å². The number of primary amides is 1. The van der Waals surface area contributed by atoms with E-state index in [1.165, 1.54) is 0 Å². The molecule has 3 N–H and O–H groups in total. The average molecular weight is 227 g/mol. The predicted molar refractivity (Wildman–Crippen MR) is 61.6 cm³/mol. The van der Waals surface area contributed by atoms with Crippen molar-refractivity contribution in [3.8, 4) is 0 Å². The zero-order valence-corrected chi connectivity index (χ0v) is 10.0. The minimum absolute atomic E-state index is 0.0230. The third-order valence-electron chi connectivity index (χ3n) is 2.92. The Hall–Kier alpha value is -1.10. The molecule has 0 unspecified atom stereocenters. The summed E-state index contributed by atoms with van der Waals surface area (Å²) in [4.78, 5) is 24.7. The van der Waals surface area contributed by atoms with Gasteiger partial charge in [-0.15, -0.1) is 0 Å². The Labute approximate surface area is 96.4 Å². The highest BCUT2D eigenvalue weighted by Crippen LogP contribution is 2.16. The van der Waals surface area contributed by atoms with Crippen molar-refractivity contribution in [3.05, 3.63) is 0 Å².